The summed E-state index contributed by atoms with van der Waals surface area (Å²) in [6, 6.07) is 5.73. The molecule has 1 amide bonds. The van der Waals surface area contributed by atoms with Gasteiger partial charge in [0.2, 0.25) is 5.91 Å². The number of alkyl halides is 3. The average Bonchev–Trinajstić information content (AvgIpc) is 2.84. The summed E-state index contributed by atoms with van der Waals surface area (Å²) in [5.74, 6) is 0.433. The predicted octanol–water partition coefficient (Wildman–Crippen LogP) is 3.31. The average molecular weight is 400 g/mol. The maximum absolute atomic E-state index is 12.4. The highest BCUT2D eigenvalue weighted by atomic mass is 32.2. The lowest BCUT2D eigenvalue weighted by molar-refractivity contribution is -0.274. The summed E-state index contributed by atoms with van der Waals surface area (Å²) < 4.78 is 43.3. The van der Waals surface area contributed by atoms with E-state index in [0.29, 0.717) is 5.16 Å². The van der Waals surface area contributed by atoms with Crippen LogP contribution < -0.4 is 10.1 Å². The van der Waals surface area contributed by atoms with Gasteiger partial charge in [0.1, 0.15) is 11.6 Å². The summed E-state index contributed by atoms with van der Waals surface area (Å²) in [6.45, 7) is 0.790. The topological polar surface area (TPSA) is 69.0 Å². The zero-order valence-corrected chi connectivity index (χ0v) is 15.3. The lowest BCUT2D eigenvalue weighted by Gasteiger charge is -2.13. The third-order valence-electron chi connectivity index (χ3n) is 4.08. The van der Waals surface area contributed by atoms with Crippen LogP contribution in [0.4, 0.5) is 13.2 Å². The third-order valence-corrected chi connectivity index (χ3v) is 5.05. The molecule has 1 aromatic heterocycles. The minimum atomic E-state index is -4.78. The Balaban J connectivity index is 1.53. The SMILES string of the molecule is O=C(CSc1nnc2n1CCCCC2)NCc1ccccc1OC(F)(F)F. The van der Waals surface area contributed by atoms with Crippen molar-refractivity contribution in [2.45, 2.75) is 50.3 Å². The van der Waals surface area contributed by atoms with Crippen molar-refractivity contribution in [1.29, 1.82) is 0 Å². The summed E-state index contributed by atoms with van der Waals surface area (Å²) in [5.41, 5.74) is 0.254. The third kappa shape index (κ3) is 5.62. The number of hydrogen-bond donors (Lipinski definition) is 1. The summed E-state index contributed by atoms with van der Waals surface area (Å²) >= 11 is 1.27. The number of ether oxygens (including phenoxy) is 1. The van der Waals surface area contributed by atoms with Crippen LogP contribution >= 0.6 is 11.8 Å². The van der Waals surface area contributed by atoms with Crippen LogP contribution in [-0.2, 0) is 24.3 Å². The Labute approximate surface area is 158 Å². The number of amides is 1. The van der Waals surface area contributed by atoms with Gasteiger partial charge in [0.15, 0.2) is 5.16 Å². The molecule has 0 atom stereocenters. The Kier molecular flexibility index (Phi) is 6.25. The summed E-state index contributed by atoms with van der Waals surface area (Å²) in [5, 5.41) is 11.6. The van der Waals surface area contributed by atoms with Crippen LogP contribution in [0.5, 0.6) is 5.75 Å². The van der Waals surface area contributed by atoms with Crippen molar-refractivity contribution in [2.75, 3.05) is 5.75 Å². The van der Waals surface area contributed by atoms with Crippen molar-refractivity contribution in [3.05, 3.63) is 35.7 Å². The Hall–Kier alpha value is -2.23. The first-order valence-corrected chi connectivity index (χ1v) is 9.56. The van der Waals surface area contributed by atoms with E-state index in [9.17, 15) is 18.0 Å². The van der Waals surface area contributed by atoms with Gasteiger partial charge < -0.3 is 14.6 Å². The van der Waals surface area contributed by atoms with E-state index >= 15 is 0 Å². The number of aromatic nitrogens is 3. The van der Waals surface area contributed by atoms with E-state index in [1.807, 2.05) is 4.57 Å². The lowest BCUT2D eigenvalue weighted by atomic mass is 10.2. The predicted molar refractivity (Wildman–Crippen MR) is 93.3 cm³/mol. The molecule has 1 aliphatic heterocycles. The largest absolute Gasteiger partial charge is 0.573 e. The zero-order valence-electron chi connectivity index (χ0n) is 14.5. The molecule has 27 heavy (non-hydrogen) atoms. The molecule has 1 aliphatic rings. The molecule has 0 radical (unpaired) electrons. The fraction of sp³-hybridized carbons (Fsp3) is 0.471. The van der Waals surface area contributed by atoms with Crippen molar-refractivity contribution < 1.29 is 22.7 Å². The van der Waals surface area contributed by atoms with Gasteiger partial charge in [-0.25, -0.2) is 0 Å². The Morgan fingerprint density at radius 3 is 2.85 bits per heavy atom. The molecule has 146 valence electrons. The van der Waals surface area contributed by atoms with Crippen LogP contribution in [0.3, 0.4) is 0 Å². The number of nitrogens with zero attached hydrogens (tertiary/aromatic N) is 3. The maximum atomic E-state index is 12.4. The second-order valence-electron chi connectivity index (χ2n) is 6.08. The van der Waals surface area contributed by atoms with E-state index in [1.165, 1.54) is 30.0 Å². The number of nitrogens with one attached hydrogen (secondary N) is 1. The van der Waals surface area contributed by atoms with Crippen LogP contribution in [0, 0.1) is 0 Å². The van der Waals surface area contributed by atoms with E-state index in [-0.39, 0.29) is 29.5 Å². The van der Waals surface area contributed by atoms with Gasteiger partial charge in [-0.2, -0.15) is 0 Å². The van der Waals surface area contributed by atoms with Crippen molar-refractivity contribution in [3.8, 4) is 5.75 Å². The van der Waals surface area contributed by atoms with E-state index < -0.39 is 6.36 Å². The Bertz CT molecular complexity index is 795. The number of aryl methyl sites for hydroxylation is 1. The van der Waals surface area contributed by atoms with Gasteiger partial charge in [-0.1, -0.05) is 36.4 Å². The van der Waals surface area contributed by atoms with Crippen LogP contribution in [0.1, 0.15) is 30.7 Å². The smallest absolute Gasteiger partial charge is 0.405 e. The summed E-state index contributed by atoms with van der Waals surface area (Å²) in [4.78, 5) is 12.1. The van der Waals surface area contributed by atoms with Crippen molar-refractivity contribution in [1.82, 2.24) is 20.1 Å². The molecular formula is C17H19F3N4O2S. The van der Waals surface area contributed by atoms with E-state index in [1.54, 1.807) is 6.07 Å². The zero-order chi connectivity index (χ0) is 19.3. The molecule has 2 aromatic rings. The molecular weight excluding hydrogens is 381 g/mol. The Morgan fingerprint density at radius 1 is 1.22 bits per heavy atom. The van der Waals surface area contributed by atoms with Gasteiger partial charge in [0.05, 0.1) is 5.75 Å². The molecule has 0 saturated heterocycles. The molecule has 0 bridgehead atoms. The number of fused-ring (bicyclic) bond motifs is 1. The highest BCUT2D eigenvalue weighted by Gasteiger charge is 2.32. The number of benzene rings is 1. The Morgan fingerprint density at radius 2 is 2.04 bits per heavy atom. The first kappa shape index (κ1) is 19.5. The molecule has 0 saturated carbocycles. The number of halogens is 3. The van der Waals surface area contributed by atoms with Gasteiger partial charge in [-0.05, 0) is 18.9 Å². The molecule has 0 aliphatic carbocycles. The van der Waals surface area contributed by atoms with Gasteiger partial charge in [0, 0.05) is 25.1 Å². The summed E-state index contributed by atoms with van der Waals surface area (Å²) in [7, 11) is 0. The van der Waals surface area contributed by atoms with Crippen molar-refractivity contribution >= 4 is 17.7 Å². The van der Waals surface area contributed by atoms with Gasteiger partial charge >= 0.3 is 6.36 Å². The molecule has 1 aromatic carbocycles. The fourth-order valence-corrected chi connectivity index (χ4v) is 3.63. The maximum Gasteiger partial charge on any atom is 0.573 e. The molecule has 0 unspecified atom stereocenters. The molecule has 0 spiro atoms. The highest BCUT2D eigenvalue weighted by Crippen LogP contribution is 2.26. The van der Waals surface area contributed by atoms with Gasteiger partial charge in [-0.3, -0.25) is 4.79 Å². The van der Waals surface area contributed by atoms with Crippen LogP contribution in [0.15, 0.2) is 29.4 Å². The summed E-state index contributed by atoms with van der Waals surface area (Å²) in [6.07, 6.45) is -0.603. The first-order valence-electron chi connectivity index (χ1n) is 8.57. The fourth-order valence-electron chi connectivity index (χ4n) is 2.81. The van der Waals surface area contributed by atoms with Crippen molar-refractivity contribution in [2.24, 2.45) is 0 Å². The molecule has 2 heterocycles. The minimum absolute atomic E-state index is 0.0520. The van der Waals surface area contributed by atoms with Crippen LogP contribution in [0.25, 0.3) is 0 Å². The number of carbonyl (C=O) groups is 1. The highest BCUT2D eigenvalue weighted by molar-refractivity contribution is 7.99. The quantitative estimate of drug-likeness (QED) is 0.754. The molecule has 10 heteroatoms. The van der Waals surface area contributed by atoms with E-state index in [0.717, 1.165) is 38.1 Å². The second kappa shape index (κ2) is 8.64. The first-order chi connectivity index (χ1) is 12.9. The molecule has 0 fully saturated rings. The minimum Gasteiger partial charge on any atom is -0.405 e. The standard InChI is InChI=1S/C17H19F3N4O2S/c18-17(19,20)26-13-7-4-3-6-12(13)10-21-15(25)11-27-16-23-22-14-8-2-1-5-9-24(14)16/h3-4,6-7H,1-2,5,8-11H2,(H,21,25). The monoisotopic (exact) mass is 400 g/mol. The van der Waals surface area contributed by atoms with Gasteiger partial charge in [-0.15, -0.1) is 23.4 Å². The number of thioether (sulfide) groups is 1. The normalized spacial score (nSPS) is 14.3. The van der Waals surface area contributed by atoms with Crippen molar-refractivity contribution in [3.63, 3.8) is 0 Å². The molecule has 3 rings (SSSR count). The van der Waals surface area contributed by atoms with Crippen LogP contribution in [-0.4, -0.2) is 32.8 Å². The lowest BCUT2D eigenvalue weighted by Crippen LogP contribution is -2.26. The number of rotatable bonds is 6. The second-order valence-corrected chi connectivity index (χ2v) is 7.02. The number of carbonyl (C=O) groups excluding carboxylic acids is 1. The number of hydrogen-bond acceptors (Lipinski definition) is 5. The molecule has 1 N–H and O–H groups in total. The van der Waals surface area contributed by atoms with E-state index in [2.05, 4.69) is 20.3 Å². The number of para-hydroxylation sites is 1. The van der Waals surface area contributed by atoms with Gasteiger partial charge in [0.25, 0.3) is 0 Å². The van der Waals surface area contributed by atoms with Crippen LogP contribution in [0.2, 0.25) is 0 Å². The molecule has 6 nitrogen and oxygen atoms in total. The van der Waals surface area contributed by atoms with E-state index in [4.69, 9.17) is 0 Å².